The van der Waals surface area contributed by atoms with Gasteiger partial charge in [0.05, 0.1) is 5.56 Å². The van der Waals surface area contributed by atoms with Gasteiger partial charge in [0.1, 0.15) is 5.75 Å². The van der Waals surface area contributed by atoms with E-state index in [1.54, 1.807) is 12.1 Å². The normalized spacial score (nSPS) is 11.3. The molecule has 1 aromatic carbocycles. The lowest BCUT2D eigenvalue weighted by atomic mass is 9.89. The maximum atomic E-state index is 12.2. The summed E-state index contributed by atoms with van der Waals surface area (Å²) in [5, 5.41) is 12.8. The summed E-state index contributed by atoms with van der Waals surface area (Å²) in [6, 6.07) is 4.90. The second-order valence-corrected chi connectivity index (χ2v) is 5.37. The fraction of sp³-hybridized carbons (Fsp3) is 0.500. The van der Waals surface area contributed by atoms with Gasteiger partial charge in [-0.3, -0.25) is 4.79 Å². The molecule has 1 rings (SSSR count). The van der Waals surface area contributed by atoms with Crippen molar-refractivity contribution in [3.8, 4) is 5.75 Å². The van der Waals surface area contributed by atoms with Crippen LogP contribution in [0.2, 0.25) is 0 Å². The molecule has 0 unspecified atom stereocenters. The third-order valence-electron chi connectivity index (χ3n) is 3.61. The summed E-state index contributed by atoms with van der Waals surface area (Å²) in [5.41, 5.74) is 0.134. The number of amides is 1. The SMILES string of the molecule is CCC(CC)(CC)NC(=O)c1ccc(Br)cc1O. The Morgan fingerprint density at radius 3 is 2.28 bits per heavy atom. The van der Waals surface area contributed by atoms with Gasteiger partial charge in [-0.15, -0.1) is 0 Å². The van der Waals surface area contributed by atoms with Gasteiger partial charge in [0, 0.05) is 10.0 Å². The first kappa shape index (κ1) is 15.0. The molecule has 0 aliphatic carbocycles. The molecule has 4 heteroatoms. The van der Waals surface area contributed by atoms with E-state index in [1.165, 1.54) is 6.07 Å². The van der Waals surface area contributed by atoms with Gasteiger partial charge >= 0.3 is 0 Å². The van der Waals surface area contributed by atoms with Crippen LogP contribution in [0.15, 0.2) is 22.7 Å². The van der Waals surface area contributed by atoms with Crippen LogP contribution in [-0.2, 0) is 0 Å². The molecule has 3 nitrogen and oxygen atoms in total. The molecule has 0 heterocycles. The van der Waals surface area contributed by atoms with E-state index in [0.29, 0.717) is 5.56 Å². The van der Waals surface area contributed by atoms with Crippen LogP contribution in [0, 0.1) is 0 Å². The van der Waals surface area contributed by atoms with Crippen molar-refractivity contribution in [3.63, 3.8) is 0 Å². The van der Waals surface area contributed by atoms with Crippen LogP contribution in [-0.4, -0.2) is 16.6 Å². The molecule has 0 bridgehead atoms. The van der Waals surface area contributed by atoms with E-state index in [9.17, 15) is 9.90 Å². The molecule has 0 aliphatic rings. The summed E-state index contributed by atoms with van der Waals surface area (Å²) in [6.07, 6.45) is 2.63. The van der Waals surface area contributed by atoms with Gasteiger partial charge in [-0.05, 0) is 37.5 Å². The highest BCUT2D eigenvalue weighted by Gasteiger charge is 2.27. The molecule has 1 aromatic rings. The van der Waals surface area contributed by atoms with Crippen molar-refractivity contribution in [2.24, 2.45) is 0 Å². The van der Waals surface area contributed by atoms with Gasteiger partial charge < -0.3 is 10.4 Å². The lowest BCUT2D eigenvalue weighted by Crippen LogP contribution is -2.47. The predicted octanol–water partition coefficient (Wildman–Crippen LogP) is 3.85. The first-order valence-corrected chi connectivity index (χ1v) is 7.08. The Labute approximate surface area is 117 Å². The summed E-state index contributed by atoms with van der Waals surface area (Å²) >= 11 is 3.26. The van der Waals surface area contributed by atoms with Gasteiger partial charge in [0.25, 0.3) is 5.91 Å². The predicted molar refractivity (Wildman–Crippen MR) is 76.9 cm³/mol. The summed E-state index contributed by atoms with van der Waals surface area (Å²) in [6.45, 7) is 6.19. The Morgan fingerprint density at radius 1 is 1.28 bits per heavy atom. The molecule has 0 saturated heterocycles. The summed E-state index contributed by atoms with van der Waals surface area (Å²) < 4.78 is 0.754. The van der Waals surface area contributed by atoms with Gasteiger partial charge in [-0.25, -0.2) is 0 Å². The van der Waals surface area contributed by atoms with Crippen LogP contribution in [0.5, 0.6) is 5.75 Å². The summed E-state index contributed by atoms with van der Waals surface area (Å²) in [4.78, 5) is 12.2. The maximum Gasteiger partial charge on any atom is 0.255 e. The number of benzene rings is 1. The molecular formula is C14H20BrNO2. The van der Waals surface area contributed by atoms with Crippen LogP contribution in [0.1, 0.15) is 50.4 Å². The topological polar surface area (TPSA) is 49.3 Å². The average Bonchev–Trinajstić information content (AvgIpc) is 2.36. The number of rotatable bonds is 5. The monoisotopic (exact) mass is 313 g/mol. The molecule has 0 fully saturated rings. The smallest absolute Gasteiger partial charge is 0.255 e. The molecule has 0 saturated carbocycles. The van der Waals surface area contributed by atoms with Gasteiger partial charge in [0.2, 0.25) is 0 Å². The number of carbonyl (C=O) groups is 1. The molecular weight excluding hydrogens is 294 g/mol. The largest absolute Gasteiger partial charge is 0.507 e. The molecule has 100 valence electrons. The van der Waals surface area contributed by atoms with E-state index < -0.39 is 0 Å². The molecule has 2 N–H and O–H groups in total. The number of hydrogen-bond donors (Lipinski definition) is 2. The lowest BCUT2D eigenvalue weighted by Gasteiger charge is -2.31. The Balaban J connectivity index is 2.94. The fourth-order valence-corrected chi connectivity index (χ4v) is 2.37. The van der Waals surface area contributed by atoms with Crippen molar-refractivity contribution in [1.82, 2.24) is 5.32 Å². The second-order valence-electron chi connectivity index (χ2n) is 4.46. The number of phenolic OH excluding ortho intramolecular Hbond substituents is 1. The maximum absolute atomic E-state index is 12.2. The Kier molecular flexibility index (Phi) is 5.20. The molecule has 0 atom stereocenters. The zero-order valence-electron chi connectivity index (χ0n) is 11.1. The first-order chi connectivity index (χ1) is 8.48. The number of aromatic hydroxyl groups is 1. The minimum atomic E-state index is -0.217. The van der Waals surface area contributed by atoms with Crippen molar-refractivity contribution in [3.05, 3.63) is 28.2 Å². The van der Waals surface area contributed by atoms with Crippen LogP contribution < -0.4 is 5.32 Å². The Hall–Kier alpha value is -1.03. The lowest BCUT2D eigenvalue weighted by molar-refractivity contribution is 0.0885. The molecule has 0 radical (unpaired) electrons. The van der Waals surface area contributed by atoms with Gasteiger partial charge in [-0.1, -0.05) is 36.7 Å². The molecule has 0 aromatic heterocycles. The molecule has 0 aliphatic heterocycles. The van der Waals surface area contributed by atoms with Crippen LogP contribution in [0.3, 0.4) is 0 Å². The average molecular weight is 314 g/mol. The van der Waals surface area contributed by atoms with Crippen LogP contribution in [0.25, 0.3) is 0 Å². The van der Waals surface area contributed by atoms with Gasteiger partial charge in [0.15, 0.2) is 0 Å². The number of hydrogen-bond acceptors (Lipinski definition) is 2. The zero-order valence-corrected chi connectivity index (χ0v) is 12.7. The van der Waals surface area contributed by atoms with E-state index >= 15 is 0 Å². The summed E-state index contributed by atoms with van der Waals surface area (Å²) in [7, 11) is 0. The van der Waals surface area contributed by atoms with E-state index in [2.05, 4.69) is 42.0 Å². The number of phenols is 1. The minimum absolute atomic E-state index is 0.000848. The van der Waals surface area contributed by atoms with E-state index in [1.807, 2.05) is 0 Å². The van der Waals surface area contributed by atoms with Crippen molar-refractivity contribution < 1.29 is 9.90 Å². The quantitative estimate of drug-likeness (QED) is 0.867. The Bertz CT molecular complexity index is 420. The molecule has 18 heavy (non-hydrogen) atoms. The third kappa shape index (κ3) is 3.25. The number of halogens is 1. The van der Waals surface area contributed by atoms with Crippen molar-refractivity contribution in [2.75, 3.05) is 0 Å². The fourth-order valence-electron chi connectivity index (χ4n) is 2.02. The highest BCUT2D eigenvalue weighted by molar-refractivity contribution is 9.10. The second kappa shape index (κ2) is 6.23. The van der Waals surface area contributed by atoms with Crippen LogP contribution >= 0.6 is 15.9 Å². The number of nitrogens with one attached hydrogen (secondary N) is 1. The van der Waals surface area contributed by atoms with Gasteiger partial charge in [-0.2, -0.15) is 0 Å². The minimum Gasteiger partial charge on any atom is -0.507 e. The van der Waals surface area contributed by atoms with Crippen molar-refractivity contribution >= 4 is 21.8 Å². The van der Waals surface area contributed by atoms with Crippen LogP contribution in [0.4, 0.5) is 0 Å². The van der Waals surface area contributed by atoms with Crippen molar-refractivity contribution in [2.45, 2.75) is 45.6 Å². The highest BCUT2D eigenvalue weighted by atomic mass is 79.9. The van der Waals surface area contributed by atoms with E-state index in [4.69, 9.17) is 0 Å². The number of carbonyl (C=O) groups excluding carboxylic acids is 1. The van der Waals surface area contributed by atoms with Crippen molar-refractivity contribution in [1.29, 1.82) is 0 Å². The standard InChI is InChI=1S/C14H20BrNO2/c1-4-14(5-2,6-3)16-13(18)11-8-7-10(15)9-12(11)17/h7-9,17H,4-6H2,1-3H3,(H,16,18). The zero-order chi connectivity index (χ0) is 13.8. The third-order valence-corrected chi connectivity index (χ3v) is 4.11. The van der Waals surface area contributed by atoms with E-state index in [-0.39, 0.29) is 17.2 Å². The Morgan fingerprint density at radius 2 is 1.83 bits per heavy atom. The highest BCUT2D eigenvalue weighted by Crippen LogP contribution is 2.25. The molecule has 0 spiro atoms. The van der Waals surface area contributed by atoms with E-state index in [0.717, 1.165) is 23.7 Å². The first-order valence-electron chi connectivity index (χ1n) is 6.29. The summed E-state index contributed by atoms with van der Waals surface area (Å²) in [5.74, 6) is -0.218. The molecule has 1 amide bonds.